The second-order valence-corrected chi connectivity index (χ2v) is 5.14. The molecule has 0 aliphatic carbocycles. The summed E-state index contributed by atoms with van der Waals surface area (Å²) in [5, 5.41) is 10.4. The number of hydrogen-bond donors (Lipinski definition) is 1. The highest BCUT2D eigenvalue weighted by atomic mass is 16.5. The van der Waals surface area contributed by atoms with Gasteiger partial charge in [0.2, 0.25) is 5.91 Å². The average molecular weight is 322 g/mol. The maximum atomic E-state index is 11.6. The van der Waals surface area contributed by atoms with Gasteiger partial charge in [0.15, 0.2) is 5.78 Å². The second kappa shape index (κ2) is 9.50. The Bertz CT molecular complexity index is 578. The molecule has 1 amide bonds. The van der Waals surface area contributed by atoms with E-state index in [4.69, 9.17) is 4.74 Å². The number of rotatable bonds is 9. The molecule has 0 aliphatic rings. The van der Waals surface area contributed by atoms with Gasteiger partial charge in [0.25, 0.3) is 0 Å². The van der Waals surface area contributed by atoms with Crippen LogP contribution in [0.15, 0.2) is 18.3 Å². The van der Waals surface area contributed by atoms with E-state index in [-0.39, 0.29) is 36.5 Å². The molecule has 1 N–H and O–H groups in total. The summed E-state index contributed by atoms with van der Waals surface area (Å²) in [6.07, 6.45) is 4.31. The third-order valence-corrected chi connectivity index (χ3v) is 2.85. The van der Waals surface area contributed by atoms with Crippen LogP contribution in [-0.4, -0.2) is 39.3 Å². The van der Waals surface area contributed by atoms with E-state index < -0.39 is 0 Å². The number of allylic oxidation sites excluding steroid dienone is 1. The zero-order chi connectivity index (χ0) is 17.2. The van der Waals surface area contributed by atoms with Gasteiger partial charge in [-0.05, 0) is 13.0 Å². The van der Waals surface area contributed by atoms with Gasteiger partial charge in [-0.25, -0.2) is 0 Å². The van der Waals surface area contributed by atoms with Crippen LogP contribution < -0.4 is 5.32 Å². The summed E-state index contributed by atoms with van der Waals surface area (Å²) in [5.74, 6) is -0.915. The first-order valence-corrected chi connectivity index (χ1v) is 7.46. The van der Waals surface area contributed by atoms with Crippen LogP contribution >= 0.6 is 0 Å². The minimum Gasteiger partial charge on any atom is -0.466 e. The number of aryl methyl sites for hydroxylation is 1. The lowest BCUT2D eigenvalue weighted by Gasteiger charge is -2.01. The normalized spacial score (nSPS) is 11.0. The van der Waals surface area contributed by atoms with Gasteiger partial charge in [0.05, 0.1) is 32.3 Å². The number of aromatic nitrogens is 3. The Morgan fingerprint density at radius 3 is 2.74 bits per heavy atom. The molecule has 0 aliphatic heterocycles. The highest BCUT2D eigenvalue weighted by molar-refractivity contribution is 5.98. The van der Waals surface area contributed by atoms with Gasteiger partial charge in [0, 0.05) is 12.0 Å². The van der Waals surface area contributed by atoms with Crippen molar-refractivity contribution in [3.63, 3.8) is 0 Å². The maximum Gasteiger partial charge on any atom is 0.307 e. The molecule has 8 nitrogen and oxygen atoms in total. The number of carbonyl (C=O) groups is 3. The van der Waals surface area contributed by atoms with Crippen molar-refractivity contribution < 1.29 is 19.1 Å². The smallest absolute Gasteiger partial charge is 0.307 e. The number of nitrogens with one attached hydrogen (secondary N) is 1. The molecule has 0 radical (unpaired) electrons. The first-order valence-electron chi connectivity index (χ1n) is 7.46. The number of ether oxygens (including phenoxy) is 1. The highest BCUT2D eigenvalue weighted by Crippen LogP contribution is 1.97. The molecule has 0 saturated carbocycles. The van der Waals surface area contributed by atoms with E-state index in [0.29, 0.717) is 18.8 Å². The van der Waals surface area contributed by atoms with Gasteiger partial charge in [-0.1, -0.05) is 19.1 Å². The van der Waals surface area contributed by atoms with Crippen molar-refractivity contribution in [1.29, 1.82) is 0 Å². The topological polar surface area (TPSA) is 103 Å². The van der Waals surface area contributed by atoms with Crippen molar-refractivity contribution in [1.82, 2.24) is 20.3 Å². The second-order valence-electron chi connectivity index (χ2n) is 5.14. The molecule has 0 unspecified atom stereocenters. The van der Waals surface area contributed by atoms with E-state index in [2.05, 4.69) is 15.6 Å². The average Bonchev–Trinajstić information content (AvgIpc) is 2.96. The number of carbonyl (C=O) groups excluding carboxylic acids is 3. The number of amides is 1. The van der Waals surface area contributed by atoms with Crippen molar-refractivity contribution in [2.45, 2.75) is 40.3 Å². The predicted molar refractivity (Wildman–Crippen MR) is 82.1 cm³/mol. The zero-order valence-corrected chi connectivity index (χ0v) is 13.6. The van der Waals surface area contributed by atoms with Crippen molar-refractivity contribution in [3.8, 4) is 0 Å². The van der Waals surface area contributed by atoms with Crippen LogP contribution in [-0.2, 0) is 32.2 Å². The molecule has 1 aromatic rings. The van der Waals surface area contributed by atoms with Crippen LogP contribution in [0.4, 0.5) is 0 Å². The molecule has 1 heterocycles. The van der Waals surface area contributed by atoms with Crippen molar-refractivity contribution in [2.75, 3.05) is 6.61 Å². The summed E-state index contributed by atoms with van der Waals surface area (Å²) in [4.78, 5) is 34.2. The standard InChI is InChI=1S/C15H22N4O4/c1-4-23-15(22)7-8-19-10-12(17-18-19)9-16-14(21)6-5-13(20)11(2)3/h5-6,10-11H,4,7-9H2,1-3H3,(H,16,21)/b6-5-. The molecule has 1 rings (SSSR count). The van der Waals surface area contributed by atoms with Crippen LogP contribution in [0, 0.1) is 5.92 Å². The summed E-state index contributed by atoms with van der Waals surface area (Å²) >= 11 is 0. The quantitative estimate of drug-likeness (QED) is 0.528. The summed E-state index contributed by atoms with van der Waals surface area (Å²) < 4.78 is 6.33. The lowest BCUT2D eigenvalue weighted by atomic mass is 10.1. The van der Waals surface area contributed by atoms with Crippen LogP contribution in [0.1, 0.15) is 32.9 Å². The van der Waals surface area contributed by atoms with Crippen LogP contribution in [0.5, 0.6) is 0 Å². The largest absolute Gasteiger partial charge is 0.466 e. The SMILES string of the molecule is CCOC(=O)CCn1cc(CNC(=O)/C=C\C(=O)C(C)C)nn1. The highest BCUT2D eigenvalue weighted by Gasteiger charge is 2.07. The van der Waals surface area contributed by atoms with Crippen molar-refractivity contribution in [3.05, 3.63) is 24.0 Å². The summed E-state index contributed by atoms with van der Waals surface area (Å²) in [5.41, 5.74) is 0.561. The lowest BCUT2D eigenvalue weighted by molar-refractivity contribution is -0.143. The number of ketones is 1. The molecule has 23 heavy (non-hydrogen) atoms. The van der Waals surface area contributed by atoms with E-state index >= 15 is 0 Å². The first kappa shape index (κ1) is 18.5. The van der Waals surface area contributed by atoms with Crippen LogP contribution in [0.2, 0.25) is 0 Å². The van der Waals surface area contributed by atoms with E-state index in [1.165, 1.54) is 16.8 Å². The van der Waals surface area contributed by atoms with Gasteiger partial charge in [0.1, 0.15) is 5.69 Å². The van der Waals surface area contributed by atoms with Gasteiger partial charge in [-0.3, -0.25) is 19.1 Å². The summed E-state index contributed by atoms with van der Waals surface area (Å²) in [6.45, 7) is 6.18. The molecule has 8 heteroatoms. The molecule has 126 valence electrons. The fourth-order valence-corrected chi connectivity index (χ4v) is 1.55. The Balaban J connectivity index is 2.37. The van der Waals surface area contributed by atoms with Crippen molar-refractivity contribution >= 4 is 17.7 Å². The molecule has 0 fully saturated rings. The fraction of sp³-hybridized carbons (Fsp3) is 0.533. The molecule has 0 saturated heterocycles. The first-order chi connectivity index (χ1) is 10.9. The Morgan fingerprint density at radius 2 is 2.09 bits per heavy atom. The third kappa shape index (κ3) is 7.35. The van der Waals surface area contributed by atoms with E-state index in [0.717, 1.165) is 0 Å². The van der Waals surface area contributed by atoms with Crippen LogP contribution in [0.3, 0.4) is 0 Å². The Morgan fingerprint density at radius 1 is 1.35 bits per heavy atom. The number of nitrogens with zero attached hydrogens (tertiary/aromatic N) is 3. The molecular weight excluding hydrogens is 300 g/mol. The Hall–Kier alpha value is -2.51. The predicted octanol–water partition coefficient (Wildman–Crippen LogP) is 0.629. The monoisotopic (exact) mass is 322 g/mol. The molecular formula is C15H22N4O4. The zero-order valence-electron chi connectivity index (χ0n) is 13.6. The van der Waals surface area contributed by atoms with Crippen LogP contribution in [0.25, 0.3) is 0 Å². The number of esters is 1. The van der Waals surface area contributed by atoms with Gasteiger partial charge < -0.3 is 10.1 Å². The number of hydrogen-bond acceptors (Lipinski definition) is 6. The molecule has 1 aromatic heterocycles. The summed E-state index contributed by atoms with van der Waals surface area (Å²) in [6, 6.07) is 0. The molecule has 0 aromatic carbocycles. The summed E-state index contributed by atoms with van der Waals surface area (Å²) in [7, 11) is 0. The van der Waals surface area contributed by atoms with E-state index in [9.17, 15) is 14.4 Å². The minimum atomic E-state index is -0.375. The molecule has 0 atom stereocenters. The Labute approximate surface area is 134 Å². The van der Waals surface area contributed by atoms with Gasteiger partial charge >= 0.3 is 5.97 Å². The fourth-order valence-electron chi connectivity index (χ4n) is 1.55. The third-order valence-electron chi connectivity index (χ3n) is 2.85. The van der Waals surface area contributed by atoms with Gasteiger partial charge in [-0.15, -0.1) is 5.10 Å². The minimum absolute atomic E-state index is 0.106. The van der Waals surface area contributed by atoms with Gasteiger partial charge in [-0.2, -0.15) is 0 Å². The lowest BCUT2D eigenvalue weighted by Crippen LogP contribution is -2.21. The maximum absolute atomic E-state index is 11.6. The Kier molecular flexibility index (Phi) is 7.65. The van der Waals surface area contributed by atoms with Crippen molar-refractivity contribution in [2.24, 2.45) is 5.92 Å². The molecule has 0 spiro atoms. The van der Waals surface area contributed by atoms with E-state index in [1.54, 1.807) is 27.0 Å². The molecule has 0 bridgehead atoms. The van der Waals surface area contributed by atoms with E-state index in [1.807, 2.05) is 0 Å².